The Bertz CT molecular complexity index is 333. The summed E-state index contributed by atoms with van der Waals surface area (Å²) in [5.74, 6) is 0. The summed E-state index contributed by atoms with van der Waals surface area (Å²) >= 11 is 0. The average Bonchev–Trinajstić information content (AvgIpc) is 2.21. The van der Waals surface area contributed by atoms with Crippen LogP contribution in [-0.2, 0) is 12.8 Å². The van der Waals surface area contributed by atoms with Gasteiger partial charge in [-0.15, -0.1) is 6.58 Å². The third-order valence-electron chi connectivity index (χ3n) is 2.50. The number of aliphatic hydroxyl groups is 1. The van der Waals surface area contributed by atoms with Crippen LogP contribution in [0, 0.1) is 0 Å². The van der Waals surface area contributed by atoms with Crippen LogP contribution in [0.15, 0.2) is 30.9 Å². The maximum atomic E-state index is 9.42. The molecule has 1 unspecified atom stereocenters. The summed E-state index contributed by atoms with van der Waals surface area (Å²) in [4.78, 5) is 0. The Labute approximate surface area is 91.4 Å². The molecule has 0 bridgehead atoms. The summed E-state index contributed by atoms with van der Waals surface area (Å²) in [6.45, 7) is 5.25. The molecule has 2 rings (SSSR count). The van der Waals surface area contributed by atoms with Crippen molar-refractivity contribution in [3.8, 4) is 0 Å². The first-order valence-electron chi connectivity index (χ1n) is 5.30. The van der Waals surface area contributed by atoms with Gasteiger partial charge in [-0.25, -0.2) is 0 Å². The van der Waals surface area contributed by atoms with Crippen molar-refractivity contribution in [2.45, 2.75) is 32.3 Å². The molecular formula is C13H19NO. The van der Waals surface area contributed by atoms with Crippen LogP contribution in [0.25, 0.3) is 0 Å². The Morgan fingerprint density at radius 2 is 2.20 bits per heavy atom. The lowest BCUT2D eigenvalue weighted by Crippen LogP contribution is -2.19. The normalized spacial score (nSPS) is 18.4. The molecule has 1 aliphatic rings. The van der Waals surface area contributed by atoms with Crippen LogP contribution in [0.2, 0.25) is 0 Å². The van der Waals surface area contributed by atoms with Crippen LogP contribution in [-0.4, -0.2) is 11.2 Å². The zero-order chi connectivity index (χ0) is 11.3. The third-order valence-corrected chi connectivity index (χ3v) is 2.50. The van der Waals surface area contributed by atoms with Crippen molar-refractivity contribution in [1.82, 2.24) is 0 Å². The Kier molecular flexibility index (Phi) is 4.37. The number of aryl methyl sites for hydroxylation is 1. The van der Waals surface area contributed by atoms with E-state index in [1.807, 2.05) is 19.1 Å². The number of fused-ring (bicyclic) bond motifs is 1. The molecule has 0 amide bonds. The highest BCUT2D eigenvalue weighted by molar-refractivity contribution is 5.52. The fourth-order valence-corrected chi connectivity index (χ4v) is 1.80. The Balaban J connectivity index is 0.000000337. The van der Waals surface area contributed by atoms with Crippen LogP contribution in [0.1, 0.15) is 24.5 Å². The molecular weight excluding hydrogens is 186 g/mol. The quantitative estimate of drug-likeness (QED) is 0.504. The summed E-state index contributed by atoms with van der Waals surface area (Å²) in [5, 5.41) is 9.42. The largest absolute Gasteiger partial charge is 0.398 e. The van der Waals surface area contributed by atoms with E-state index in [-0.39, 0.29) is 6.10 Å². The van der Waals surface area contributed by atoms with Crippen molar-refractivity contribution in [1.29, 1.82) is 0 Å². The van der Waals surface area contributed by atoms with E-state index in [0.29, 0.717) is 0 Å². The summed E-state index contributed by atoms with van der Waals surface area (Å²) in [7, 11) is 0. The molecule has 0 heterocycles. The molecule has 1 aromatic rings. The Morgan fingerprint density at radius 1 is 1.53 bits per heavy atom. The van der Waals surface area contributed by atoms with E-state index in [4.69, 9.17) is 5.73 Å². The van der Waals surface area contributed by atoms with Gasteiger partial charge in [0.15, 0.2) is 0 Å². The van der Waals surface area contributed by atoms with E-state index in [2.05, 4.69) is 12.6 Å². The highest BCUT2D eigenvalue weighted by Crippen LogP contribution is 2.25. The molecule has 82 valence electrons. The third kappa shape index (κ3) is 3.10. The fourth-order valence-electron chi connectivity index (χ4n) is 1.80. The maximum Gasteiger partial charge on any atom is 0.0584 e. The van der Waals surface area contributed by atoms with Crippen LogP contribution >= 0.6 is 0 Å². The van der Waals surface area contributed by atoms with Crippen LogP contribution < -0.4 is 5.73 Å². The number of aliphatic hydroxyl groups excluding tert-OH is 1. The van der Waals surface area contributed by atoms with Gasteiger partial charge in [0, 0.05) is 12.1 Å². The van der Waals surface area contributed by atoms with Crippen molar-refractivity contribution >= 4 is 5.69 Å². The lowest BCUT2D eigenvalue weighted by molar-refractivity contribution is 0.159. The number of nitrogen functional groups attached to an aromatic ring is 1. The van der Waals surface area contributed by atoms with Crippen molar-refractivity contribution in [2.24, 2.45) is 0 Å². The summed E-state index contributed by atoms with van der Waals surface area (Å²) in [5.41, 5.74) is 9.07. The number of rotatable bonds is 0. The van der Waals surface area contributed by atoms with E-state index in [1.54, 1.807) is 6.08 Å². The monoisotopic (exact) mass is 205 g/mol. The lowest BCUT2D eigenvalue weighted by Gasteiger charge is -2.21. The van der Waals surface area contributed by atoms with Gasteiger partial charge < -0.3 is 10.8 Å². The molecule has 0 spiro atoms. The highest BCUT2D eigenvalue weighted by Gasteiger charge is 2.17. The van der Waals surface area contributed by atoms with Crippen molar-refractivity contribution < 1.29 is 5.11 Å². The molecule has 0 aromatic heterocycles. The molecule has 1 aromatic carbocycles. The number of nitrogens with two attached hydrogens (primary N) is 1. The molecule has 3 N–H and O–H groups in total. The predicted molar refractivity (Wildman–Crippen MR) is 64.8 cm³/mol. The molecule has 2 heteroatoms. The number of benzene rings is 1. The van der Waals surface area contributed by atoms with Gasteiger partial charge in [-0.3, -0.25) is 0 Å². The molecule has 0 saturated heterocycles. The Hall–Kier alpha value is -1.28. The first-order valence-corrected chi connectivity index (χ1v) is 5.30. The molecule has 1 aliphatic carbocycles. The van der Waals surface area contributed by atoms with Gasteiger partial charge in [0.05, 0.1) is 6.10 Å². The fraction of sp³-hybridized carbons (Fsp3) is 0.385. The van der Waals surface area contributed by atoms with Gasteiger partial charge in [-0.2, -0.15) is 0 Å². The van der Waals surface area contributed by atoms with E-state index >= 15 is 0 Å². The average molecular weight is 205 g/mol. The summed E-state index contributed by atoms with van der Waals surface area (Å²) < 4.78 is 0. The van der Waals surface area contributed by atoms with Crippen LogP contribution in [0.4, 0.5) is 5.69 Å². The molecule has 0 radical (unpaired) electrons. The summed E-state index contributed by atoms with van der Waals surface area (Å²) in [6.07, 6.45) is 4.11. The van der Waals surface area contributed by atoms with Crippen molar-refractivity contribution in [3.05, 3.63) is 42.0 Å². The predicted octanol–water partition coefficient (Wildman–Crippen LogP) is 2.31. The lowest BCUT2D eigenvalue weighted by atomic mass is 9.89. The van der Waals surface area contributed by atoms with E-state index in [9.17, 15) is 5.11 Å². The molecule has 0 aliphatic heterocycles. The maximum absolute atomic E-state index is 9.42. The second-order valence-electron chi connectivity index (χ2n) is 3.79. The molecule has 15 heavy (non-hydrogen) atoms. The van der Waals surface area contributed by atoms with E-state index < -0.39 is 0 Å². The minimum absolute atomic E-state index is 0.192. The highest BCUT2D eigenvalue weighted by atomic mass is 16.3. The topological polar surface area (TPSA) is 46.2 Å². The second-order valence-corrected chi connectivity index (χ2v) is 3.79. The minimum atomic E-state index is -0.192. The van der Waals surface area contributed by atoms with Crippen LogP contribution in [0.5, 0.6) is 0 Å². The van der Waals surface area contributed by atoms with Gasteiger partial charge in [0.25, 0.3) is 0 Å². The van der Waals surface area contributed by atoms with E-state index in [1.165, 1.54) is 5.56 Å². The number of hydrogen-bond acceptors (Lipinski definition) is 2. The van der Waals surface area contributed by atoms with Crippen molar-refractivity contribution in [2.75, 3.05) is 5.73 Å². The molecule has 0 fully saturated rings. The van der Waals surface area contributed by atoms with Gasteiger partial charge >= 0.3 is 0 Å². The Morgan fingerprint density at radius 3 is 2.87 bits per heavy atom. The SMILES string of the molecule is C=CC.Nc1cccc2c1CC(O)CC2. The summed E-state index contributed by atoms with van der Waals surface area (Å²) in [6, 6.07) is 5.97. The first kappa shape index (κ1) is 11.8. The molecule has 2 nitrogen and oxygen atoms in total. The smallest absolute Gasteiger partial charge is 0.0584 e. The number of hydrogen-bond donors (Lipinski definition) is 2. The molecule has 1 atom stereocenters. The van der Waals surface area contributed by atoms with Gasteiger partial charge in [0.2, 0.25) is 0 Å². The van der Waals surface area contributed by atoms with Crippen LogP contribution in [0.3, 0.4) is 0 Å². The van der Waals surface area contributed by atoms with Gasteiger partial charge in [-0.05, 0) is 37.0 Å². The number of anilines is 1. The minimum Gasteiger partial charge on any atom is -0.398 e. The second kappa shape index (κ2) is 5.56. The van der Waals surface area contributed by atoms with E-state index in [0.717, 1.165) is 30.5 Å². The number of allylic oxidation sites excluding steroid dienone is 1. The zero-order valence-electron chi connectivity index (χ0n) is 9.24. The first-order chi connectivity index (χ1) is 7.19. The van der Waals surface area contributed by atoms with Crippen molar-refractivity contribution in [3.63, 3.8) is 0 Å². The van der Waals surface area contributed by atoms with Gasteiger partial charge in [0.1, 0.15) is 0 Å². The standard InChI is InChI=1S/C10H13NO.C3H6/c11-10-3-1-2-7-4-5-8(12)6-9(7)10;1-3-2/h1-3,8,12H,4-6,11H2;3H,1H2,2H3. The molecule has 0 saturated carbocycles. The van der Waals surface area contributed by atoms with Gasteiger partial charge in [-0.1, -0.05) is 18.2 Å². The zero-order valence-corrected chi connectivity index (χ0v) is 9.24.